The molecule has 0 spiro atoms. The molecule has 3 saturated heterocycles. The summed E-state index contributed by atoms with van der Waals surface area (Å²) >= 11 is 0. The lowest BCUT2D eigenvalue weighted by molar-refractivity contribution is -0.379. The minimum absolute atomic E-state index is 0.244. The number of hydrogen-bond donors (Lipinski definition) is 12. The molecule has 3 heterocycles. The first kappa shape index (κ1) is 98.6. The molecule has 0 aromatic heterocycles. The summed E-state index contributed by atoms with van der Waals surface area (Å²) in [5.74, 6) is -0.244. The van der Waals surface area contributed by atoms with Crippen LogP contribution in [0.4, 0.5) is 0 Å². The second-order valence-corrected chi connectivity index (χ2v) is 30.3. The van der Waals surface area contributed by atoms with E-state index in [4.69, 9.17) is 28.4 Å². The van der Waals surface area contributed by atoms with Gasteiger partial charge in [0.25, 0.3) is 0 Å². The molecule has 108 heavy (non-hydrogen) atoms. The average molecular weight is 1530 g/mol. The minimum Gasteiger partial charge on any atom is -0.394 e. The van der Waals surface area contributed by atoms with Crippen LogP contribution in [0.3, 0.4) is 0 Å². The summed E-state index contributed by atoms with van der Waals surface area (Å²) in [5.41, 5.74) is 0. The van der Waals surface area contributed by atoms with E-state index in [2.05, 4.69) is 129 Å². The lowest BCUT2D eigenvalue weighted by Crippen LogP contribution is -2.66. The van der Waals surface area contributed by atoms with E-state index >= 15 is 0 Å². The Morgan fingerprint density at radius 3 is 1.00 bits per heavy atom. The Bertz CT molecular complexity index is 2380. The molecule has 0 aliphatic carbocycles. The topological polar surface area (TPSA) is 307 Å². The summed E-state index contributed by atoms with van der Waals surface area (Å²) < 4.78 is 34.6. The van der Waals surface area contributed by atoms with Crippen molar-refractivity contribution in [3.05, 3.63) is 109 Å². The molecule has 624 valence electrons. The van der Waals surface area contributed by atoms with Gasteiger partial charge < -0.3 is 89.9 Å². The molecule has 19 nitrogen and oxygen atoms in total. The summed E-state index contributed by atoms with van der Waals surface area (Å²) in [7, 11) is 0. The summed E-state index contributed by atoms with van der Waals surface area (Å²) in [6, 6.07) is -0.895. The van der Waals surface area contributed by atoms with Crippen LogP contribution in [0.15, 0.2) is 109 Å². The van der Waals surface area contributed by atoms with Gasteiger partial charge in [-0.05, 0) is 83.5 Å². The van der Waals surface area contributed by atoms with E-state index in [1.807, 2.05) is 0 Å². The predicted octanol–water partition coefficient (Wildman–Crippen LogP) is 15.7. The number of ether oxygens (including phenoxy) is 6. The highest BCUT2D eigenvalue weighted by Gasteiger charge is 2.54. The van der Waals surface area contributed by atoms with E-state index in [-0.39, 0.29) is 18.9 Å². The molecule has 19 heteroatoms. The minimum atomic E-state index is -1.98. The molecule has 0 aromatic carbocycles. The highest BCUT2D eigenvalue weighted by Crippen LogP contribution is 2.33. The Morgan fingerprint density at radius 2 is 0.639 bits per heavy atom. The van der Waals surface area contributed by atoms with E-state index in [1.54, 1.807) is 0 Å². The smallest absolute Gasteiger partial charge is 0.220 e. The van der Waals surface area contributed by atoms with E-state index in [1.165, 1.54) is 173 Å². The van der Waals surface area contributed by atoms with Crippen molar-refractivity contribution in [2.24, 2.45) is 0 Å². The highest BCUT2D eigenvalue weighted by atomic mass is 16.8. The van der Waals surface area contributed by atoms with Crippen molar-refractivity contribution in [1.29, 1.82) is 0 Å². The molecule has 12 N–H and O–H groups in total. The van der Waals surface area contributed by atoms with Crippen molar-refractivity contribution in [1.82, 2.24) is 5.32 Å². The standard InChI is InChI=1S/C89H155NO18/c1-3-5-7-9-11-13-15-17-19-21-23-25-27-28-29-30-31-32-33-34-35-36-37-38-39-40-41-42-43-44-45-47-49-51-53-55-57-59-61-63-65-67-77(95)90-72(73(94)66-64-62-60-58-56-54-52-50-48-46-26-24-22-20-18-16-14-12-10-8-6-4-2)71-103-87-83(101)80(98)85(75(69-92)105-87)108-89-84(102)81(99)86(76(70-93)106-89)107-88-82(100)79(97)78(96)74(68-91)104-88/h5,7,11,13,17,19,23,25,28-29,31-32,34-35,37-38,40-41,72-76,78-89,91-94,96-102H,3-4,6,8-10,12,14-16,18,20-22,24,26-27,30,33,36,39,42-71H2,1-2H3,(H,90,95)/b7-5-,13-11-,19-17-,25-23-,29-28-,32-31-,35-34-,38-37-,41-40-. The van der Waals surface area contributed by atoms with Gasteiger partial charge in [0.15, 0.2) is 18.9 Å². The Labute approximate surface area is 653 Å². The number of nitrogens with one attached hydrogen (secondary N) is 1. The number of rotatable bonds is 68. The average Bonchev–Trinajstić information content (AvgIpc) is 0.787. The number of allylic oxidation sites excluding steroid dienone is 18. The maximum Gasteiger partial charge on any atom is 0.220 e. The van der Waals surface area contributed by atoms with Gasteiger partial charge in [-0.25, -0.2) is 0 Å². The molecule has 17 unspecified atom stereocenters. The predicted molar refractivity (Wildman–Crippen MR) is 434 cm³/mol. The first-order valence-corrected chi connectivity index (χ1v) is 43.1. The van der Waals surface area contributed by atoms with Crippen LogP contribution in [0, 0.1) is 0 Å². The third-order valence-corrected chi connectivity index (χ3v) is 20.9. The lowest BCUT2D eigenvalue weighted by Gasteiger charge is -2.48. The third kappa shape index (κ3) is 46.6. The molecule has 0 radical (unpaired) electrons. The number of carbonyl (C=O) groups excluding carboxylic acids is 1. The maximum atomic E-state index is 13.5. The van der Waals surface area contributed by atoms with Crippen molar-refractivity contribution >= 4 is 5.91 Å². The van der Waals surface area contributed by atoms with E-state index in [0.29, 0.717) is 12.8 Å². The molecular formula is C89H155NO18. The molecule has 0 saturated carbocycles. The SMILES string of the molecule is CC/C=C\C/C=C\C/C=C\C/C=C\C/C=C\C/C=C\C/C=C\C/C=C\C/C=C\CCCCCCCCCCCCCCCC(=O)NC(COC1OC(CO)C(OC2OC(CO)C(OC3OC(CO)C(O)C(O)C3O)C(O)C2O)C(O)C1O)C(O)CCCCCCCCCCCCCCCCCCCCCCCC. The summed E-state index contributed by atoms with van der Waals surface area (Å²) in [4.78, 5) is 13.5. The number of amides is 1. The van der Waals surface area contributed by atoms with Crippen molar-refractivity contribution in [3.8, 4) is 0 Å². The van der Waals surface area contributed by atoms with Crippen LogP contribution in [-0.2, 0) is 33.2 Å². The second-order valence-electron chi connectivity index (χ2n) is 30.3. The van der Waals surface area contributed by atoms with Gasteiger partial charge in [0.05, 0.1) is 38.6 Å². The summed E-state index contributed by atoms with van der Waals surface area (Å²) in [5, 5.41) is 121. The monoisotopic (exact) mass is 1530 g/mol. The molecule has 0 aromatic rings. The van der Waals surface area contributed by atoms with Crippen molar-refractivity contribution in [3.63, 3.8) is 0 Å². The molecule has 0 bridgehead atoms. The quantitative estimate of drug-likeness (QED) is 0.0199. The van der Waals surface area contributed by atoms with Crippen LogP contribution in [0.5, 0.6) is 0 Å². The Balaban J connectivity index is 1.32. The fourth-order valence-electron chi connectivity index (χ4n) is 14.0. The normalized spacial score (nSPS) is 26.0. The van der Waals surface area contributed by atoms with Gasteiger partial charge in [0.2, 0.25) is 5.91 Å². The number of carbonyl (C=O) groups is 1. The number of aliphatic hydroxyl groups excluding tert-OH is 11. The third-order valence-electron chi connectivity index (χ3n) is 20.9. The number of aliphatic hydroxyl groups is 11. The summed E-state index contributed by atoms with van der Waals surface area (Å²) in [6.07, 6.45) is 67.5. The number of unbranched alkanes of at least 4 members (excludes halogenated alkanes) is 34. The van der Waals surface area contributed by atoms with Crippen LogP contribution in [-0.4, -0.2) is 193 Å². The Morgan fingerprint density at radius 1 is 0.343 bits per heavy atom. The first-order valence-electron chi connectivity index (χ1n) is 43.1. The highest BCUT2D eigenvalue weighted by molar-refractivity contribution is 5.76. The van der Waals surface area contributed by atoms with Gasteiger partial charge in [-0.2, -0.15) is 0 Å². The molecule has 3 rings (SSSR count). The second kappa shape index (κ2) is 67.9. The van der Waals surface area contributed by atoms with E-state index in [9.17, 15) is 61.0 Å². The van der Waals surface area contributed by atoms with Gasteiger partial charge in [0, 0.05) is 6.42 Å². The van der Waals surface area contributed by atoms with E-state index in [0.717, 1.165) is 109 Å². The zero-order valence-electron chi connectivity index (χ0n) is 67.0. The summed E-state index contributed by atoms with van der Waals surface area (Å²) in [6.45, 7) is 1.72. The van der Waals surface area contributed by atoms with Crippen LogP contribution in [0.2, 0.25) is 0 Å². The van der Waals surface area contributed by atoms with Crippen LogP contribution < -0.4 is 5.32 Å². The fourth-order valence-corrected chi connectivity index (χ4v) is 14.0. The van der Waals surface area contributed by atoms with Crippen molar-refractivity contribution < 1.29 is 89.4 Å². The molecule has 17 atom stereocenters. The lowest BCUT2D eigenvalue weighted by atomic mass is 9.96. The van der Waals surface area contributed by atoms with Crippen LogP contribution >= 0.6 is 0 Å². The van der Waals surface area contributed by atoms with Gasteiger partial charge in [-0.3, -0.25) is 4.79 Å². The van der Waals surface area contributed by atoms with Gasteiger partial charge in [-0.15, -0.1) is 0 Å². The van der Waals surface area contributed by atoms with Gasteiger partial charge in [0.1, 0.15) is 73.2 Å². The number of hydrogen-bond acceptors (Lipinski definition) is 18. The first-order chi connectivity index (χ1) is 52.8. The van der Waals surface area contributed by atoms with Crippen LogP contribution in [0.1, 0.15) is 316 Å². The van der Waals surface area contributed by atoms with Gasteiger partial charge in [-0.1, -0.05) is 335 Å². The maximum absolute atomic E-state index is 13.5. The molecular weight excluding hydrogens is 1370 g/mol. The van der Waals surface area contributed by atoms with E-state index < -0.39 is 124 Å². The van der Waals surface area contributed by atoms with Gasteiger partial charge >= 0.3 is 0 Å². The Kier molecular flexibility index (Phi) is 62.0. The molecule has 3 aliphatic rings. The van der Waals surface area contributed by atoms with Crippen LogP contribution in [0.25, 0.3) is 0 Å². The molecule has 1 amide bonds. The molecule has 3 aliphatic heterocycles. The Hall–Kier alpha value is -3.55. The van der Waals surface area contributed by atoms with Crippen molar-refractivity contribution in [2.75, 3.05) is 26.4 Å². The zero-order valence-corrected chi connectivity index (χ0v) is 67.0. The fraction of sp³-hybridized carbons (Fsp3) is 0.787. The van der Waals surface area contributed by atoms with Crippen molar-refractivity contribution in [2.45, 2.75) is 420 Å². The zero-order chi connectivity index (χ0) is 78.1. The molecule has 3 fully saturated rings. The largest absolute Gasteiger partial charge is 0.394 e.